The number of methoxy groups -OCH3 is 1. The van der Waals surface area contributed by atoms with Gasteiger partial charge in [-0.1, -0.05) is 0 Å². The Morgan fingerprint density at radius 2 is 2.40 bits per heavy atom. The Hall–Kier alpha value is -0.780. The number of carbonyl (C=O) groups is 1. The Balaban J connectivity index is 2.20. The van der Waals surface area contributed by atoms with Crippen molar-refractivity contribution in [1.29, 1.82) is 0 Å². The fraction of sp³-hybridized carbons (Fsp3) is 0.364. The topological polar surface area (TPSA) is 35.5 Å². The number of hydrogen-bond donors (Lipinski definition) is 0. The lowest BCUT2D eigenvalue weighted by Crippen LogP contribution is -2.32. The van der Waals surface area contributed by atoms with Gasteiger partial charge in [0.1, 0.15) is 5.75 Å². The van der Waals surface area contributed by atoms with Gasteiger partial charge in [0.25, 0.3) is 0 Å². The number of rotatable bonds is 1. The predicted molar refractivity (Wildman–Crippen MR) is 63.9 cm³/mol. The van der Waals surface area contributed by atoms with E-state index in [9.17, 15) is 4.79 Å². The third kappa shape index (κ3) is 2.25. The van der Waals surface area contributed by atoms with Gasteiger partial charge in [-0.25, -0.2) is 4.79 Å². The van der Waals surface area contributed by atoms with Crippen molar-refractivity contribution in [1.82, 2.24) is 0 Å². The maximum atomic E-state index is 11.3. The van der Waals surface area contributed by atoms with Gasteiger partial charge in [0.2, 0.25) is 0 Å². The number of esters is 1. The second-order valence-electron chi connectivity index (χ2n) is 3.42. The molecule has 0 bridgehead atoms. The van der Waals surface area contributed by atoms with Gasteiger partial charge < -0.3 is 9.47 Å². The molecule has 15 heavy (non-hydrogen) atoms. The molecule has 1 heterocycles. The number of carbonyl (C=O) groups excluding carboxylic acids is 1. The fourth-order valence-electron chi connectivity index (χ4n) is 1.65. The first-order valence-corrected chi connectivity index (χ1v) is 5.81. The lowest BCUT2D eigenvalue weighted by molar-refractivity contribution is -0.149. The van der Waals surface area contributed by atoms with E-state index >= 15 is 0 Å². The first-order chi connectivity index (χ1) is 7.20. The van der Waals surface area contributed by atoms with Crippen LogP contribution in [0, 0.1) is 3.57 Å². The van der Waals surface area contributed by atoms with E-state index in [0.717, 1.165) is 12.2 Å². The van der Waals surface area contributed by atoms with Gasteiger partial charge in [0, 0.05) is 3.57 Å². The lowest BCUT2D eigenvalue weighted by Gasteiger charge is -2.24. The predicted octanol–water partition coefficient (Wildman–Crippen LogP) is 2.16. The molecule has 0 unspecified atom stereocenters. The molecular formula is C11H11IO3. The van der Waals surface area contributed by atoms with Crippen LogP contribution in [0.4, 0.5) is 0 Å². The monoisotopic (exact) mass is 318 g/mol. The van der Waals surface area contributed by atoms with E-state index in [1.807, 2.05) is 12.1 Å². The van der Waals surface area contributed by atoms with E-state index in [0.29, 0.717) is 6.42 Å². The molecule has 0 N–H and O–H groups in total. The third-order valence-electron chi connectivity index (χ3n) is 2.43. The summed E-state index contributed by atoms with van der Waals surface area (Å²) in [5, 5.41) is 0. The summed E-state index contributed by atoms with van der Waals surface area (Å²) in [6.45, 7) is 0. The molecule has 2 rings (SSSR count). The molecule has 4 heteroatoms. The fourth-order valence-corrected chi connectivity index (χ4v) is 2.21. The van der Waals surface area contributed by atoms with Gasteiger partial charge in [0.05, 0.1) is 7.11 Å². The lowest BCUT2D eigenvalue weighted by atomic mass is 10.0. The Morgan fingerprint density at radius 3 is 3.13 bits per heavy atom. The quantitative estimate of drug-likeness (QED) is 0.588. The van der Waals surface area contributed by atoms with Crippen LogP contribution < -0.4 is 4.74 Å². The highest BCUT2D eigenvalue weighted by molar-refractivity contribution is 14.1. The largest absolute Gasteiger partial charge is 0.478 e. The molecule has 0 spiro atoms. The minimum Gasteiger partial charge on any atom is -0.478 e. The molecule has 1 aliphatic rings. The highest BCUT2D eigenvalue weighted by Gasteiger charge is 2.26. The van der Waals surface area contributed by atoms with Crippen LogP contribution in [0.5, 0.6) is 5.75 Å². The molecule has 3 nitrogen and oxygen atoms in total. The van der Waals surface area contributed by atoms with Gasteiger partial charge in [-0.3, -0.25) is 0 Å². The van der Waals surface area contributed by atoms with Crippen LogP contribution in [-0.4, -0.2) is 19.2 Å². The highest BCUT2D eigenvalue weighted by atomic mass is 127. The zero-order valence-electron chi connectivity index (χ0n) is 8.33. The zero-order chi connectivity index (χ0) is 10.8. The number of aryl methyl sites for hydroxylation is 1. The number of fused-ring (bicyclic) bond motifs is 1. The molecule has 80 valence electrons. The van der Waals surface area contributed by atoms with Crippen molar-refractivity contribution in [2.24, 2.45) is 0 Å². The van der Waals surface area contributed by atoms with E-state index in [1.54, 1.807) is 0 Å². The van der Waals surface area contributed by atoms with Crippen molar-refractivity contribution >= 4 is 28.6 Å². The first-order valence-electron chi connectivity index (χ1n) is 4.73. The summed E-state index contributed by atoms with van der Waals surface area (Å²) in [5.74, 6) is 0.510. The SMILES string of the molecule is COC(=O)[C@H]1CCc2cc(I)ccc2O1. The van der Waals surface area contributed by atoms with Crippen molar-refractivity contribution < 1.29 is 14.3 Å². The standard InChI is InChI=1S/C11H11IO3/c1-14-11(13)10-4-2-7-6-8(12)3-5-9(7)15-10/h3,5-6,10H,2,4H2,1H3/t10-/m1/s1. The van der Waals surface area contributed by atoms with E-state index in [1.165, 1.54) is 16.2 Å². The Bertz CT molecular complexity index is 389. The summed E-state index contributed by atoms with van der Waals surface area (Å²) in [6, 6.07) is 5.97. The first kappa shape index (κ1) is 10.7. The molecule has 0 aromatic heterocycles. The second kappa shape index (κ2) is 4.38. The zero-order valence-corrected chi connectivity index (χ0v) is 10.5. The molecule has 1 atom stereocenters. The minimum absolute atomic E-state index is 0.292. The van der Waals surface area contributed by atoms with Crippen molar-refractivity contribution in [2.75, 3.05) is 7.11 Å². The number of benzene rings is 1. The average Bonchev–Trinajstić information content (AvgIpc) is 2.27. The smallest absolute Gasteiger partial charge is 0.347 e. The Labute approximate surface area is 102 Å². The molecule has 0 saturated heterocycles. The van der Waals surface area contributed by atoms with Crippen LogP contribution in [0.1, 0.15) is 12.0 Å². The maximum absolute atomic E-state index is 11.3. The second-order valence-corrected chi connectivity index (χ2v) is 4.67. The van der Waals surface area contributed by atoms with Crippen LogP contribution in [0.25, 0.3) is 0 Å². The summed E-state index contributed by atoms with van der Waals surface area (Å²) in [5.41, 5.74) is 1.17. The molecule has 0 aliphatic carbocycles. The number of halogens is 1. The summed E-state index contributed by atoms with van der Waals surface area (Å²) in [6.07, 6.45) is 1.12. The minimum atomic E-state index is -0.442. The molecule has 1 aliphatic heterocycles. The van der Waals surface area contributed by atoms with Crippen molar-refractivity contribution in [3.8, 4) is 5.75 Å². The number of hydrogen-bond acceptors (Lipinski definition) is 3. The van der Waals surface area contributed by atoms with Gasteiger partial charge in [-0.05, 0) is 59.2 Å². The molecule has 0 saturated carbocycles. The molecule has 0 radical (unpaired) electrons. The Kier molecular flexibility index (Phi) is 3.14. The highest BCUT2D eigenvalue weighted by Crippen LogP contribution is 2.29. The van der Waals surface area contributed by atoms with E-state index in [-0.39, 0.29) is 5.97 Å². The summed E-state index contributed by atoms with van der Waals surface area (Å²) in [7, 11) is 1.38. The van der Waals surface area contributed by atoms with E-state index < -0.39 is 6.10 Å². The van der Waals surface area contributed by atoms with E-state index in [4.69, 9.17) is 4.74 Å². The van der Waals surface area contributed by atoms with Crippen LogP contribution in [-0.2, 0) is 16.0 Å². The summed E-state index contributed by atoms with van der Waals surface area (Å²) < 4.78 is 11.4. The Morgan fingerprint density at radius 1 is 1.60 bits per heavy atom. The van der Waals surface area contributed by atoms with Crippen molar-refractivity contribution in [3.05, 3.63) is 27.3 Å². The molecule has 1 aromatic carbocycles. The van der Waals surface area contributed by atoms with Crippen LogP contribution in [0.15, 0.2) is 18.2 Å². The summed E-state index contributed by atoms with van der Waals surface area (Å²) >= 11 is 2.26. The normalized spacial score (nSPS) is 18.9. The third-order valence-corrected chi connectivity index (χ3v) is 3.10. The maximum Gasteiger partial charge on any atom is 0.347 e. The van der Waals surface area contributed by atoms with Gasteiger partial charge in [-0.15, -0.1) is 0 Å². The average molecular weight is 318 g/mol. The van der Waals surface area contributed by atoms with Crippen LogP contribution in [0.2, 0.25) is 0 Å². The van der Waals surface area contributed by atoms with Gasteiger partial charge >= 0.3 is 5.97 Å². The van der Waals surface area contributed by atoms with E-state index in [2.05, 4.69) is 33.4 Å². The van der Waals surface area contributed by atoms with Crippen molar-refractivity contribution in [3.63, 3.8) is 0 Å². The van der Waals surface area contributed by atoms with Gasteiger partial charge in [0.15, 0.2) is 6.10 Å². The van der Waals surface area contributed by atoms with Gasteiger partial charge in [-0.2, -0.15) is 0 Å². The molecule has 0 fully saturated rings. The molecule has 1 aromatic rings. The summed E-state index contributed by atoms with van der Waals surface area (Å²) in [4.78, 5) is 11.3. The van der Waals surface area contributed by atoms with Crippen molar-refractivity contribution in [2.45, 2.75) is 18.9 Å². The van der Waals surface area contributed by atoms with Crippen LogP contribution >= 0.6 is 22.6 Å². The van der Waals surface area contributed by atoms with Crippen LogP contribution in [0.3, 0.4) is 0 Å². The molecular weight excluding hydrogens is 307 g/mol. The molecule has 0 amide bonds. The number of ether oxygens (including phenoxy) is 2.